The monoisotopic (exact) mass is 251 g/mol. The van der Waals surface area contributed by atoms with Gasteiger partial charge in [-0.15, -0.1) is 0 Å². The van der Waals surface area contributed by atoms with Crippen molar-refractivity contribution < 1.29 is 0 Å². The van der Waals surface area contributed by atoms with Gasteiger partial charge in [0.1, 0.15) is 0 Å². The SMILES string of the molecule is CCC1CCC(C)N1C1(CN)CCN2CCC1C2. The number of hydrogen-bond donors (Lipinski definition) is 1. The average Bonchev–Trinajstić information content (AvgIpc) is 2.97. The molecule has 3 aliphatic heterocycles. The lowest BCUT2D eigenvalue weighted by Crippen LogP contribution is -2.64. The lowest BCUT2D eigenvalue weighted by atomic mass is 9.76. The van der Waals surface area contributed by atoms with Crippen molar-refractivity contribution >= 4 is 0 Å². The lowest BCUT2D eigenvalue weighted by molar-refractivity contribution is -0.0239. The Hall–Kier alpha value is -0.120. The topological polar surface area (TPSA) is 32.5 Å². The minimum atomic E-state index is 0.323. The molecule has 3 aliphatic rings. The lowest BCUT2D eigenvalue weighted by Gasteiger charge is -2.52. The molecule has 0 amide bonds. The standard InChI is InChI=1S/C15H29N3/c1-3-14-5-4-12(2)18(14)15(11-16)7-9-17-8-6-13(15)10-17/h12-14H,3-11,16H2,1-2H3. The van der Waals surface area contributed by atoms with Gasteiger partial charge in [-0.25, -0.2) is 0 Å². The second-order valence-corrected chi connectivity index (χ2v) is 6.74. The van der Waals surface area contributed by atoms with Crippen LogP contribution in [0.3, 0.4) is 0 Å². The molecule has 5 atom stereocenters. The van der Waals surface area contributed by atoms with Crippen molar-refractivity contribution in [3.63, 3.8) is 0 Å². The third-order valence-electron chi connectivity index (χ3n) is 6.02. The first-order chi connectivity index (χ1) is 8.71. The number of piperidine rings is 1. The zero-order valence-corrected chi connectivity index (χ0v) is 12.1. The van der Waals surface area contributed by atoms with Crippen LogP contribution in [-0.2, 0) is 0 Å². The first kappa shape index (κ1) is 12.9. The Morgan fingerprint density at radius 2 is 2.06 bits per heavy atom. The predicted octanol–water partition coefficient (Wildman–Crippen LogP) is 1.67. The smallest absolute Gasteiger partial charge is 0.0390 e. The van der Waals surface area contributed by atoms with Gasteiger partial charge in [0.15, 0.2) is 0 Å². The summed E-state index contributed by atoms with van der Waals surface area (Å²) in [6, 6.07) is 1.53. The van der Waals surface area contributed by atoms with Crippen molar-refractivity contribution in [3.8, 4) is 0 Å². The summed E-state index contributed by atoms with van der Waals surface area (Å²) in [7, 11) is 0. The Labute approximate surface area is 112 Å². The number of likely N-dealkylation sites (tertiary alicyclic amines) is 1. The van der Waals surface area contributed by atoms with E-state index in [0.717, 1.165) is 24.5 Å². The molecular weight excluding hydrogens is 222 g/mol. The second-order valence-electron chi connectivity index (χ2n) is 6.74. The summed E-state index contributed by atoms with van der Waals surface area (Å²) >= 11 is 0. The summed E-state index contributed by atoms with van der Waals surface area (Å²) in [6.45, 7) is 9.53. The molecule has 3 rings (SSSR count). The van der Waals surface area contributed by atoms with E-state index in [1.54, 1.807) is 0 Å². The molecule has 0 aromatic carbocycles. The Morgan fingerprint density at radius 1 is 1.22 bits per heavy atom. The highest BCUT2D eigenvalue weighted by Gasteiger charge is 2.52. The molecule has 2 N–H and O–H groups in total. The van der Waals surface area contributed by atoms with Crippen LogP contribution in [-0.4, -0.2) is 53.6 Å². The molecule has 0 aromatic rings. The van der Waals surface area contributed by atoms with E-state index < -0.39 is 0 Å². The fourth-order valence-corrected chi connectivity index (χ4v) is 5.02. The molecule has 18 heavy (non-hydrogen) atoms. The van der Waals surface area contributed by atoms with E-state index in [9.17, 15) is 0 Å². The van der Waals surface area contributed by atoms with Crippen molar-refractivity contribution in [2.75, 3.05) is 26.2 Å². The van der Waals surface area contributed by atoms with Crippen LogP contribution < -0.4 is 5.73 Å². The average molecular weight is 251 g/mol. The number of hydrogen-bond acceptors (Lipinski definition) is 3. The van der Waals surface area contributed by atoms with Gasteiger partial charge in [-0.05, 0) is 58.0 Å². The molecule has 0 saturated carbocycles. The van der Waals surface area contributed by atoms with Gasteiger partial charge in [-0.3, -0.25) is 4.90 Å². The van der Waals surface area contributed by atoms with Gasteiger partial charge >= 0.3 is 0 Å². The zero-order valence-electron chi connectivity index (χ0n) is 12.1. The Balaban J connectivity index is 1.90. The van der Waals surface area contributed by atoms with E-state index in [1.165, 1.54) is 51.7 Å². The highest BCUT2D eigenvalue weighted by atomic mass is 15.3. The highest BCUT2D eigenvalue weighted by molar-refractivity contribution is 5.09. The van der Waals surface area contributed by atoms with Gasteiger partial charge in [0.05, 0.1) is 0 Å². The van der Waals surface area contributed by atoms with Crippen LogP contribution in [0, 0.1) is 5.92 Å². The molecule has 3 heterocycles. The molecule has 3 saturated heterocycles. The molecule has 0 aromatic heterocycles. The molecule has 2 bridgehead atoms. The van der Waals surface area contributed by atoms with Crippen LogP contribution in [0.25, 0.3) is 0 Å². The zero-order chi connectivity index (χ0) is 12.8. The van der Waals surface area contributed by atoms with Gasteiger partial charge in [0.2, 0.25) is 0 Å². The maximum absolute atomic E-state index is 6.32. The molecular formula is C15H29N3. The van der Waals surface area contributed by atoms with E-state index in [1.807, 2.05) is 0 Å². The summed E-state index contributed by atoms with van der Waals surface area (Å²) in [5, 5.41) is 0. The maximum atomic E-state index is 6.32. The minimum Gasteiger partial charge on any atom is -0.329 e. The molecule has 3 heteroatoms. The molecule has 0 aliphatic carbocycles. The van der Waals surface area contributed by atoms with E-state index in [0.29, 0.717) is 5.54 Å². The van der Waals surface area contributed by atoms with Gasteiger partial charge in [-0.1, -0.05) is 6.92 Å². The second kappa shape index (κ2) is 4.77. The van der Waals surface area contributed by atoms with Gasteiger partial charge in [0, 0.05) is 30.7 Å². The van der Waals surface area contributed by atoms with Crippen molar-refractivity contribution in [2.24, 2.45) is 11.7 Å². The summed E-state index contributed by atoms with van der Waals surface area (Å²) in [6.07, 6.45) is 6.72. The Kier molecular flexibility index (Phi) is 3.41. The summed E-state index contributed by atoms with van der Waals surface area (Å²) in [5.74, 6) is 0.825. The van der Waals surface area contributed by atoms with Crippen LogP contribution in [0.4, 0.5) is 0 Å². The maximum Gasteiger partial charge on any atom is 0.0390 e. The van der Waals surface area contributed by atoms with Crippen LogP contribution in [0.5, 0.6) is 0 Å². The first-order valence-corrected chi connectivity index (χ1v) is 7.92. The molecule has 104 valence electrons. The predicted molar refractivity (Wildman–Crippen MR) is 75.6 cm³/mol. The first-order valence-electron chi connectivity index (χ1n) is 7.92. The molecule has 0 spiro atoms. The van der Waals surface area contributed by atoms with E-state index in [2.05, 4.69) is 23.6 Å². The van der Waals surface area contributed by atoms with E-state index >= 15 is 0 Å². The summed E-state index contributed by atoms with van der Waals surface area (Å²) < 4.78 is 0. The Morgan fingerprint density at radius 3 is 2.78 bits per heavy atom. The van der Waals surface area contributed by atoms with Crippen LogP contribution in [0.15, 0.2) is 0 Å². The quantitative estimate of drug-likeness (QED) is 0.828. The van der Waals surface area contributed by atoms with Gasteiger partial charge < -0.3 is 10.6 Å². The molecule has 5 unspecified atom stereocenters. The molecule has 0 radical (unpaired) electrons. The van der Waals surface area contributed by atoms with Crippen molar-refractivity contribution in [2.45, 2.75) is 63.6 Å². The van der Waals surface area contributed by atoms with Crippen molar-refractivity contribution in [3.05, 3.63) is 0 Å². The van der Waals surface area contributed by atoms with Crippen LogP contribution in [0.1, 0.15) is 46.0 Å². The van der Waals surface area contributed by atoms with E-state index in [-0.39, 0.29) is 0 Å². The van der Waals surface area contributed by atoms with Crippen molar-refractivity contribution in [1.29, 1.82) is 0 Å². The van der Waals surface area contributed by atoms with Crippen LogP contribution in [0.2, 0.25) is 0 Å². The Bertz CT molecular complexity index is 306. The minimum absolute atomic E-state index is 0.323. The number of fused-ring (bicyclic) bond motifs is 2. The highest BCUT2D eigenvalue weighted by Crippen LogP contribution is 2.45. The number of rotatable bonds is 3. The number of nitrogens with zero attached hydrogens (tertiary/aromatic N) is 2. The fraction of sp³-hybridized carbons (Fsp3) is 1.00. The van der Waals surface area contributed by atoms with Crippen molar-refractivity contribution in [1.82, 2.24) is 9.80 Å². The summed E-state index contributed by atoms with van der Waals surface area (Å²) in [4.78, 5) is 5.50. The third-order valence-corrected chi connectivity index (χ3v) is 6.02. The molecule has 3 fully saturated rings. The van der Waals surface area contributed by atoms with E-state index in [4.69, 9.17) is 5.73 Å². The molecule has 3 nitrogen and oxygen atoms in total. The number of nitrogens with two attached hydrogens (primary N) is 1. The normalized spacial score (nSPS) is 48.8. The fourth-order valence-electron chi connectivity index (χ4n) is 5.02. The van der Waals surface area contributed by atoms with Gasteiger partial charge in [-0.2, -0.15) is 0 Å². The van der Waals surface area contributed by atoms with Crippen LogP contribution >= 0.6 is 0 Å². The summed E-state index contributed by atoms with van der Waals surface area (Å²) in [5.41, 5.74) is 6.64. The largest absolute Gasteiger partial charge is 0.329 e. The van der Waals surface area contributed by atoms with Gasteiger partial charge in [0.25, 0.3) is 0 Å². The third kappa shape index (κ3) is 1.75.